The number of nitrogens with one attached hydrogen (secondary N) is 1. The van der Waals surface area contributed by atoms with Crippen molar-refractivity contribution in [3.05, 3.63) is 71.7 Å². The fourth-order valence-corrected chi connectivity index (χ4v) is 5.32. The van der Waals surface area contributed by atoms with Crippen molar-refractivity contribution in [1.82, 2.24) is 20.2 Å². The van der Waals surface area contributed by atoms with Crippen LogP contribution in [0.3, 0.4) is 0 Å². The zero-order chi connectivity index (χ0) is 22.7. The van der Waals surface area contributed by atoms with Gasteiger partial charge in [0.25, 0.3) is 5.91 Å². The van der Waals surface area contributed by atoms with Gasteiger partial charge < -0.3 is 11.1 Å². The third-order valence-electron chi connectivity index (χ3n) is 7.37. The first-order chi connectivity index (χ1) is 16.1. The van der Waals surface area contributed by atoms with Crippen molar-refractivity contribution < 1.29 is 4.79 Å². The first kappa shape index (κ1) is 22.0. The minimum atomic E-state index is -0.301. The molecule has 3 heterocycles. The summed E-state index contributed by atoms with van der Waals surface area (Å²) in [6, 6.07) is 14.5. The molecule has 33 heavy (non-hydrogen) atoms. The molecule has 2 fully saturated rings. The molecule has 6 nitrogen and oxygen atoms in total. The molecule has 0 bridgehead atoms. The maximum atomic E-state index is 13.0. The second-order valence-corrected chi connectivity index (χ2v) is 9.66. The summed E-state index contributed by atoms with van der Waals surface area (Å²) in [4.78, 5) is 24.3. The van der Waals surface area contributed by atoms with Crippen LogP contribution in [-0.4, -0.2) is 39.9 Å². The van der Waals surface area contributed by atoms with Crippen LogP contribution in [0.25, 0.3) is 10.9 Å². The number of nitrogens with zero attached hydrogens (tertiary/aromatic N) is 3. The Kier molecular flexibility index (Phi) is 6.38. The number of rotatable bonds is 5. The Morgan fingerprint density at radius 2 is 1.79 bits per heavy atom. The summed E-state index contributed by atoms with van der Waals surface area (Å²) in [5.74, 6) is -0.0498. The van der Waals surface area contributed by atoms with Gasteiger partial charge in [-0.1, -0.05) is 37.5 Å². The number of carbonyl (C=O) groups excluding carboxylic acids is 1. The first-order valence-electron chi connectivity index (χ1n) is 12.2. The SMILES string of the molecule is NC1(c2ccncc2)CCN(Cc2cc(C(=O)NC3CCCCC3)nc3ccccc23)CC1. The number of para-hydroxylation sites is 1. The molecule has 1 aliphatic carbocycles. The van der Waals surface area contributed by atoms with Crippen molar-refractivity contribution in [2.24, 2.45) is 5.73 Å². The number of piperidine rings is 1. The molecule has 2 aliphatic rings. The van der Waals surface area contributed by atoms with Gasteiger partial charge in [-0.3, -0.25) is 14.7 Å². The largest absolute Gasteiger partial charge is 0.348 e. The van der Waals surface area contributed by atoms with E-state index in [1.807, 2.05) is 48.8 Å². The quantitative estimate of drug-likeness (QED) is 0.619. The molecule has 0 radical (unpaired) electrons. The molecule has 0 unspecified atom stereocenters. The third-order valence-corrected chi connectivity index (χ3v) is 7.37. The van der Waals surface area contributed by atoms with Crippen LogP contribution in [0.2, 0.25) is 0 Å². The Labute approximate surface area is 195 Å². The maximum absolute atomic E-state index is 13.0. The van der Waals surface area contributed by atoms with Gasteiger partial charge in [0, 0.05) is 49.0 Å². The molecule has 3 aromatic rings. The number of hydrogen-bond acceptors (Lipinski definition) is 5. The van der Waals surface area contributed by atoms with Gasteiger partial charge in [-0.05, 0) is 61.1 Å². The van der Waals surface area contributed by atoms with E-state index in [0.29, 0.717) is 5.69 Å². The summed E-state index contributed by atoms with van der Waals surface area (Å²) in [6.07, 6.45) is 11.2. The van der Waals surface area contributed by atoms with Crippen LogP contribution in [0, 0.1) is 0 Å². The van der Waals surface area contributed by atoms with Crippen LogP contribution in [0.15, 0.2) is 54.9 Å². The normalized spacial score (nSPS) is 19.4. The molecular formula is C27H33N5O. The van der Waals surface area contributed by atoms with Crippen molar-refractivity contribution in [2.75, 3.05) is 13.1 Å². The molecular weight excluding hydrogens is 410 g/mol. The molecule has 2 aromatic heterocycles. The molecule has 1 aromatic carbocycles. The predicted molar refractivity (Wildman–Crippen MR) is 131 cm³/mol. The van der Waals surface area contributed by atoms with E-state index in [4.69, 9.17) is 10.7 Å². The number of nitrogens with two attached hydrogens (primary N) is 1. The van der Waals surface area contributed by atoms with E-state index < -0.39 is 0 Å². The standard InChI is InChI=1S/C27H33N5O/c28-27(21-10-14-29-15-11-21)12-16-32(17-13-27)19-20-18-25(31-24-9-5-4-8-23(20)24)26(33)30-22-6-2-1-3-7-22/h4-5,8-11,14-15,18,22H,1-3,6-7,12-13,16-17,19,28H2,(H,30,33). The van der Waals surface area contributed by atoms with E-state index >= 15 is 0 Å². The van der Waals surface area contributed by atoms with Gasteiger partial charge in [0.15, 0.2) is 0 Å². The molecule has 5 rings (SSSR count). The lowest BCUT2D eigenvalue weighted by molar-refractivity contribution is 0.0922. The van der Waals surface area contributed by atoms with Crippen LogP contribution in [0.1, 0.15) is 66.6 Å². The average molecular weight is 444 g/mol. The zero-order valence-electron chi connectivity index (χ0n) is 19.2. The van der Waals surface area contributed by atoms with Gasteiger partial charge in [-0.2, -0.15) is 0 Å². The Bertz CT molecular complexity index is 1100. The van der Waals surface area contributed by atoms with E-state index in [1.54, 1.807) is 0 Å². The van der Waals surface area contributed by atoms with Gasteiger partial charge in [0.2, 0.25) is 0 Å². The Hall–Kier alpha value is -2.83. The van der Waals surface area contributed by atoms with Gasteiger partial charge in [0.1, 0.15) is 5.69 Å². The summed E-state index contributed by atoms with van der Waals surface area (Å²) in [5.41, 5.74) is 10.2. The van der Waals surface area contributed by atoms with Crippen molar-refractivity contribution in [3.8, 4) is 0 Å². The highest BCUT2D eigenvalue weighted by Crippen LogP contribution is 2.31. The van der Waals surface area contributed by atoms with E-state index in [9.17, 15) is 4.79 Å². The lowest BCUT2D eigenvalue weighted by atomic mass is 9.82. The third kappa shape index (κ3) is 4.92. The van der Waals surface area contributed by atoms with Crippen molar-refractivity contribution >= 4 is 16.8 Å². The van der Waals surface area contributed by atoms with Crippen LogP contribution in [0.4, 0.5) is 0 Å². The van der Waals surface area contributed by atoms with E-state index in [2.05, 4.69) is 21.3 Å². The van der Waals surface area contributed by atoms with Crippen LogP contribution in [-0.2, 0) is 12.1 Å². The minimum Gasteiger partial charge on any atom is -0.348 e. The average Bonchev–Trinajstić information content (AvgIpc) is 2.86. The molecule has 6 heteroatoms. The number of benzene rings is 1. The summed E-state index contributed by atoms with van der Waals surface area (Å²) < 4.78 is 0. The van der Waals surface area contributed by atoms with Crippen LogP contribution >= 0.6 is 0 Å². The lowest BCUT2D eigenvalue weighted by Crippen LogP contribution is -2.47. The topological polar surface area (TPSA) is 84.1 Å². The smallest absolute Gasteiger partial charge is 0.270 e. The summed E-state index contributed by atoms with van der Waals surface area (Å²) in [5, 5.41) is 4.34. The number of carbonyl (C=O) groups is 1. The van der Waals surface area contributed by atoms with Crippen molar-refractivity contribution in [2.45, 2.75) is 63.1 Å². The molecule has 3 N–H and O–H groups in total. The lowest BCUT2D eigenvalue weighted by Gasteiger charge is -2.39. The Morgan fingerprint density at radius 3 is 2.55 bits per heavy atom. The predicted octanol–water partition coefficient (Wildman–Crippen LogP) is 4.14. The molecule has 172 valence electrons. The second-order valence-electron chi connectivity index (χ2n) is 9.66. The fourth-order valence-electron chi connectivity index (χ4n) is 5.32. The number of aromatic nitrogens is 2. The number of pyridine rings is 2. The highest BCUT2D eigenvalue weighted by molar-refractivity contribution is 5.96. The number of hydrogen-bond donors (Lipinski definition) is 2. The summed E-state index contributed by atoms with van der Waals surface area (Å²) >= 11 is 0. The molecule has 1 saturated carbocycles. The molecule has 0 atom stereocenters. The molecule has 1 saturated heterocycles. The van der Waals surface area contributed by atoms with Crippen LogP contribution in [0.5, 0.6) is 0 Å². The van der Waals surface area contributed by atoms with E-state index in [-0.39, 0.29) is 17.5 Å². The Balaban J connectivity index is 1.33. The van der Waals surface area contributed by atoms with E-state index in [1.165, 1.54) is 19.3 Å². The molecule has 0 spiro atoms. The molecule has 1 amide bonds. The first-order valence-corrected chi connectivity index (χ1v) is 12.2. The fraction of sp³-hybridized carbons (Fsp3) is 0.444. The maximum Gasteiger partial charge on any atom is 0.270 e. The summed E-state index contributed by atoms with van der Waals surface area (Å²) in [7, 11) is 0. The number of fused-ring (bicyclic) bond motifs is 1. The monoisotopic (exact) mass is 443 g/mol. The van der Waals surface area contributed by atoms with Crippen molar-refractivity contribution in [1.29, 1.82) is 0 Å². The van der Waals surface area contributed by atoms with Crippen LogP contribution < -0.4 is 11.1 Å². The zero-order valence-corrected chi connectivity index (χ0v) is 19.2. The second kappa shape index (κ2) is 9.57. The highest BCUT2D eigenvalue weighted by Gasteiger charge is 2.32. The highest BCUT2D eigenvalue weighted by atomic mass is 16.1. The summed E-state index contributed by atoms with van der Waals surface area (Å²) in [6.45, 7) is 2.62. The number of likely N-dealkylation sites (tertiary alicyclic amines) is 1. The van der Waals surface area contributed by atoms with Gasteiger partial charge in [-0.25, -0.2) is 4.98 Å². The molecule has 1 aliphatic heterocycles. The Morgan fingerprint density at radius 1 is 1.06 bits per heavy atom. The van der Waals surface area contributed by atoms with E-state index in [0.717, 1.165) is 67.3 Å². The number of amides is 1. The van der Waals surface area contributed by atoms with Crippen molar-refractivity contribution in [3.63, 3.8) is 0 Å². The van der Waals surface area contributed by atoms with Gasteiger partial charge in [0.05, 0.1) is 5.52 Å². The van der Waals surface area contributed by atoms with Gasteiger partial charge in [-0.15, -0.1) is 0 Å². The van der Waals surface area contributed by atoms with Gasteiger partial charge >= 0.3 is 0 Å². The minimum absolute atomic E-state index is 0.0498.